The third-order valence-electron chi connectivity index (χ3n) is 2.21. The van der Waals surface area contributed by atoms with Gasteiger partial charge in [-0.25, -0.2) is 9.78 Å². The summed E-state index contributed by atoms with van der Waals surface area (Å²) < 4.78 is 0. The topological polar surface area (TPSA) is 65.5 Å². The van der Waals surface area contributed by atoms with E-state index in [0.29, 0.717) is 17.6 Å². The van der Waals surface area contributed by atoms with E-state index in [9.17, 15) is 4.79 Å². The van der Waals surface area contributed by atoms with Crippen molar-refractivity contribution in [3.05, 3.63) is 11.2 Å². The minimum absolute atomic E-state index is 0.103. The van der Waals surface area contributed by atoms with E-state index in [-0.39, 0.29) is 5.69 Å². The lowest BCUT2D eigenvalue weighted by Gasteiger charge is -2.20. The molecule has 0 bridgehead atoms. The highest BCUT2D eigenvalue weighted by Crippen LogP contribution is 2.19. The highest BCUT2D eigenvalue weighted by atomic mass is 32.1. The third kappa shape index (κ3) is 3.17. The van der Waals surface area contributed by atoms with Crippen molar-refractivity contribution in [2.45, 2.75) is 13.0 Å². The van der Waals surface area contributed by atoms with Crippen LogP contribution in [0.1, 0.15) is 17.4 Å². The molecule has 0 saturated carbocycles. The molecule has 0 spiro atoms. The van der Waals surface area contributed by atoms with E-state index in [1.54, 1.807) is 0 Å². The average molecular weight is 229 g/mol. The zero-order valence-corrected chi connectivity index (χ0v) is 9.84. The number of aromatic nitrogens is 1. The molecular weight excluding hydrogens is 214 g/mol. The first-order chi connectivity index (χ1) is 7.02. The van der Waals surface area contributed by atoms with Gasteiger partial charge in [0, 0.05) is 12.6 Å². The molecule has 2 N–H and O–H groups in total. The Morgan fingerprint density at radius 2 is 2.40 bits per heavy atom. The average Bonchev–Trinajstić information content (AvgIpc) is 2.61. The van der Waals surface area contributed by atoms with Gasteiger partial charge in [-0.1, -0.05) is 0 Å². The summed E-state index contributed by atoms with van der Waals surface area (Å²) in [6, 6.07) is 0.341. The van der Waals surface area contributed by atoms with Gasteiger partial charge in [-0.05, 0) is 21.0 Å². The van der Waals surface area contributed by atoms with Gasteiger partial charge in [-0.3, -0.25) is 0 Å². The molecule has 1 heterocycles. The maximum Gasteiger partial charge on any atom is 0.357 e. The van der Waals surface area contributed by atoms with Crippen molar-refractivity contribution in [1.29, 1.82) is 0 Å². The molecule has 0 fully saturated rings. The first-order valence-corrected chi connectivity index (χ1v) is 5.47. The molecular formula is C9H15N3O2S. The number of hydrogen-bond donors (Lipinski definition) is 2. The van der Waals surface area contributed by atoms with Crippen molar-refractivity contribution in [3.63, 3.8) is 0 Å². The normalized spacial score (nSPS) is 12.8. The Labute approximate surface area is 92.7 Å². The number of rotatable bonds is 5. The van der Waals surface area contributed by atoms with Gasteiger partial charge in [-0.2, -0.15) is 0 Å². The van der Waals surface area contributed by atoms with E-state index in [0.717, 1.165) is 0 Å². The number of anilines is 1. The van der Waals surface area contributed by atoms with Crippen LogP contribution < -0.4 is 5.32 Å². The summed E-state index contributed by atoms with van der Waals surface area (Å²) in [6.07, 6.45) is 0. The summed E-state index contributed by atoms with van der Waals surface area (Å²) in [5.41, 5.74) is 1.64. The molecule has 5 nitrogen and oxygen atoms in total. The monoisotopic (exact) mass is 229 g/mol. The highest BCUT2D eigenvalue weighted by molar-refractivity contribution is 7.14. The number of aromatic carboxylic acids is 1. The summed E-state index contributed by atoms with van der Waals surface area (Å²) in [6.45, 7) is 2.77. The second-order valence-corrected chi connectivity index (χ2v) is 4.38. The second-order valence-electron chi connectivity index (χ2n) is 3.53. The van der Waals surface area contributed by atoms with Crippen LogP contribution in [-0.4, -0.2) is 47.6 Å². The molecule has 1 aromatic rings. The maximum atomic E-state index is 10.8. The number of thiazole rings is 1. The highest BCUT2D eigenvalue weighted by Gasteiger charge is 2.14. The molecule has 1 unspecified atom stereocenters. The summed E-state index contributed by atoms with van der Waals surface area (Å²) in [5.74, 6) is -0.990. The lowest BCUT2D eigenvalue weighted by atomic mass is 10.3. The molecule has 1 atom stereocenters. The Morgan fingerprint density at radius 1 is 1.73 bits per heavy atom. The zero-order chi connectivity index (χ0) is 11.4. The summed E-state index contributed by atoms with van der Waals surface area (Å²) in [7, 11) is 3.97. The standard InChI is InChI=1S/C9H15N3O2S/c1-6(12(2)3)4-10-8-7(9(13)14)11-5-15-8/h5-6,10H,4H2,1-3H3,(H,13,14). The minimum atomic E-state index is -0.990. The quantitative estimate of drug-likeness (QED) is 0.794. The van der Waals surface area contributed by atoms with Crippen LogP contribution in [0.5, 0.6) is 0 Å². The fourth-order valence-corrected chi connectivity index (χ4v) is 1.63. The van der Waals surface area contributed by atoms with E-state index in [2.05, 4.69) is 22.1 Å². The number of likely N-dealkylation sites (N-methyl/N-ethyl adjacent to an activating group) is 1. The largest absolute Gasteiger partial charge is 0.476 e. The van der Waals surface area contributed by atoms with Gasteiger partial charge in [-0.15, -0.1) is 11.3 Å². The van der Waals surface area contributed by atoms with E-state index in [1.165, 1.54) is 16.8 Å². The van der Waals surface area contributed by atoms with Crippen LogP contribution in [0.25, 0.3) is 0 Å². The van der Waals surface area contributed by atoms with Crippen molar-refractivity contribution in [3.8, 4) is 0 Å². The molecule has 1 aromatic heterocycles. The molecule has 84 valence electrons. The SMILES string of the molecule is CC(CNc1scnc1C(=O)O)N(C)C. The molecule has 0 aliphatic heterocycles. The van der Waals surface area contributed by atoms with Crippen molar-refractivity contribution in [2.75, 3.05) is 26.0 Å². The Kier molecular flexibility index (Phi) is 4.05. The van der Waals surface area contributed by atoms with E-state index < -0.39 is 5.97 Å². The molecule has 0 amide bonds. The Morgan fingerprint density at radius 3 is 2.93 bits per heavy atom. The molecule has 6 heteroatoms. The van der Waals surface area contributed by atoms with Crippen LogP contribution in [0.3, 0.4) is 0 Å². The predicted molar refractivity (Wildman–Crippen MR) is 60.7 cm³/mol. The van der Waals surface area contributed by atoms with E-state index in [4.69, 9.17) is 5.11 Å². The van der Waals surface area contributed by atoms with Crippen LogP contribution in [0.2, 0.25) is 0 Å². The van der Waals surface area contributed by atoms with Crippen LogP contribution in [-0.2, 0) is 0 Å². The van der Waals surface area contributed by atoms with Gasteiger partial charge in [0.15, 0.2) is 5.69 Å². The van der Waals surface area contributed by atoms with Gasteiger partial charge in [0.25, 0.3) is 0 Å². The van der Waals surface area contributed by atoms with Crippen LogP contribution in [0, 0.1) is 0 Å². The molecule has 0 aliphatic rings. The molecule has 0 radical (unpaired) electrons. The van der Waals surface area contributed by atoms with Gasteiger partial charge in [0.05, 0.1) is 5.51 Å². The summed E-state index contributed by atoms with van der Waals surface area (Å²) >= 11 is 1.31. The van der Waals surface area contributed by atoms with Gasteiger partial charge in [0.2, 0.25) is 0 Å². The van der Waals surface area contributed by atoms with Crippen molar-refractivity contribution in [2.24, 2.45) is 0 Å². The number of hydrogen-bond acceptors (Lipinski definition) is 5. The molecule has 0 aromatic carbocycles. The van der Waals surface area contributed by atoms with Gasteiger partial charge in [0.1, 0.15) is 5.00 Å². The van der Waals surface area contributed by atoms with Gasteiger partial charge < -0.3 is 15.3 Å². The fraction of sp³-hybridized carbons (Fsp3) is 0.556. The number of nitrogens with zero attached hydrogens (tertiary/aromatic N) is 2. The lowest BCUT2D eigenvalue weighted by Crippen LogP contribution is -2.31. The Hall–Kier alpha value is -1.14. The maximum absolute atomic E-state index is 10.8. The van der Waals surface area contributed by atoms with Crippen molar-refractivity contribution >= 4 is 22.3 Å². The molecule has 1 rings (SSSR count). The second kappa shape index (κ2) is 5.09. The number of carboxylic acids is 1. The number of nitrogens with one attached hydrogen (secondary N) is 1. The first kappa shape index (κ1) is 11.9. The Balaban J connectivity index is 2.58. The number of carbonyl (C=O) groups is 1. The smallest absolute Gasteiger partial charge is 0.357 e. The lowest BCUT2D eigenvalue weighted by molar-refractivity contribution is 0.0692. The summed E-state index contributed by atoms with van der Waals surface area (Å²) in [5, 5.41) is 12.5. The summed E-state index contributed by atoms with van der Waals surface area (Å²) in [4.78, 5) is 16.6. The van der Waals surface area contributed by atoms with Crippen molar-refractivity contribution < 1.29 is 9.90 Å². The van der Waals surface area contributed by atoms with E-state index >= 15 is 0 Å². The molecule has 15 heavy (non-hydrogen) atoms. The van der Waals surface area contributed by atoms with Crippen molar-refractivity contribution in [1.82, 2.24) is 9.88 Å². The number of carboxylic acid groups (broad SMARTS) is 1. The third-order valence-corrected chi connectivity index (χ3v) is 2.99. The van der Waals surface area contributed by atoms with E-state index in [1.807, 2.05) is 14.1 Å². The molecule has 0 aliphatic carbocycles. The van der Waals surface area contributed by atoms with Crippen LogP contribution in [0.4, 0.5) is 5.00 Å². The fourth-order valence-electron chi connectivity index (χ4n) is 0.947. The van der Waals surface area contributed by atoms with Crippen LogP contribution >= 0.6 is 11.3 Å². The molecule has 0 saturated heterocycles. The van der Waals surface area contributed by atoms with Crippen LogP contribution in [0.15, 0.2) is 5.51 Å². The van der Waals surface area contributed by atoms with Gasteiger partial charge >= 0.3 is 5.97 Å². The minimum Gasteiger partial charge on any atom is -0.476 e. The zero-order valence-electron chi connectivity index (χ0n) is 9.02. The first-order valence-electron chi connectivity index (χ1n) is 4.59. The predicted octanol–water partition coefficient (Wildman–Crippen LogP) is 1.20. The Bertz CT molecular complexity index is 338.